The van der Waals surface area contributed by atoms with Crippen molar-refractivity contribution in [3.8, 4) is 11.5 Å². The second kappa shape index (κ2) is 11.4. The number of carbonyl (C=O) groups excluding carboxylic acids is 2. The van der Waals surface area contributed by atoms with Gasteiger partial charge in [-0.1, -0.05) is 18.2 Å². The number of benzene rings is 3. The Kier molecular flexibility index (Phi) is 8.18. The first-order valence-corrected chi connectivity index (χ1v) is 12.5. The minimum Gasteiger partial charge on any atom is -0.493 e. The van der Waals surface area contributed by atoms with Gasteiger partial charge < -0.3 is 14.4 Å². The quantitative estimate of drug-likeness (QED) is 0.372. The summed E-state index contributed by atoms with van der Waals surface area (Å²) in [5.41, 5.74) is 3.78. The fourth-order valence-electron chi connectivity index (χ4n) is 4.52. The molecule has 2 amide bonds. The van der Waals surface area contributed by atoms with E-state index in [4.69, 9.17) is 9.47 Å². The van der Waals surface area contributed by atoms with E-state index in [1.54, 1.807) is 12.1 Å². The molecule has 0 saturated heterocycles. The Morgan fingerprint density at radius 1 is 0.950 bits per heavy atom. The van der Waals surface area contributed by atoms with Crippen LogP contribution in [0.25, 0.3) is 0 Å². The molecule has 0 aliphatic carbocycles. The lowest BCUT2D eigenvalue weighted by atomic mass is 9.96. The second-order valence-electron chi connectivity index (χ2n) is 9.65. The maximum Gasteiger partial charge on any atom is 0.416 e. The lowest BCUT2D eigenvalue weighted by Crippen LogP contribution is -2.39. The van der Waals surface area contributed by atoms with Crippen LogP contribution in [0.3, 0.4) is 0 Å². The molecule has 0 radical (unpaired) electrons. The molecule has 1 aliphatic heterocycles. The van der Waals surface area contributed by atoms with Gasteiger partial charge >= 0.3 is 6.18 Å². The Labute approximate surface area is 230 Å². The third kappa shape index (κ3) is 5.95. The molecule has 40 heavy (non-hydrogen) atoms. The summed E-state index contributed by atoms with van der Waals surface area (Å²) in [5.74, 6) is 0.0182. The van der Waals surface area contributed by atoms with Gasteiger partial charge in [0.2, 0.25) is 0 Å². The van der Waals surface area contributed by atoms with E-state index in [2.05, 4.69) is 5.10 Å². The van der Waals surface area contributed by atoms with Gasteiger partial charge in [0.1, 0.15) is 6.54 Å². The number of aryl methyl sites for hydroxylation is 2. The number of hydrazone groups is 1. The molecule has 1 aliphatic rings. The monoisotopic (exact) mass is 553 g/mol. The Morgan fingerprint density at radius 3 is 2.23 bits per heavy atom. The molecule has 0 aromatic heterocycles. The summed E-state index contributed by atoms with van der Waals surface area (Å²) in [6.07, 6.45) is -4.08. The molecular weight excluding hydrogens is 523 g/mol. The van der Waals surface area contributed by atoms with Gasteiger partial charge in [-0.15, -0.1) is 0 Å². The van der Waals surface area contributed by atoms with E-state index in [0.717, 1.165) is 46.5 Å². The summed E-state index contributed by atoms with van der Waals surface area (Å²) < 4.78 is 49.5. The second-order valence-corrected chi connectivity index (χ2v) is 9.65. The van der Waals surface area contributed by atoms with Crippen LogP contribution in [0.15, 0.2) is 65.8 Å². The number of carbonyl (C=O) groups is 2. The highest BCUT2D eigenvalue weighted by molar-refractivity contribution is 6.04. The first-order valence-electron chi connectivity index (χ1n) is 12.5. The van der Waals surface area contributed by atoms with Gasteiger partial charge in [-0.25, -0.2) is 5.01 Å². The number of nitrogens with zero attached hydrogens (tertiary/aromatic N) is 3. The number of ether oxygens (including phenoxy) is 2. The lowest BCUT2D eigenvalue weighted by Gasteiger charge is -2.25. The maximum absolute atomic E-state index is 13.6. The van der Waals surface area contributed by atoms with E-state index in [9.17, 15) is 22.8 Å². The molecule has 3 aromatic carbocycles. The van der Waals surface area contributed by atoms with E-state index < -0.39 is 29.6 Å². The molecule has 10 heteroatoms. The molecular formula is C30H30F3N3O4. The molecule has 3 aromatic rings. The van der Waals surface area contributed by atoms with Crippen molar-refractivity contribution in [1.29, 1.82) is 0 Å². The summed E-state index contributed by atoms with van der Waals surface area (Å²) in [4.78, 5) is 27.6. The lowest BCUT2D eigenvalue weighted by molar-refractivity contribution is -0.137. The van der Waals surface area contributed by atoms with E-state index in [1.165, 1.54) is 31.2 Å². The summed E-state index contributed by atoms with van der Waals surface area (Å²) in [6, 6.07) is 14.8. The highest BCUT2D eigenvalue weighted by atomic mass is 19.4. The molecule has 0 saturated carbocycles. The Bertz CT molecular complexity index is 1450. The number of halogens is 3. The van der Waals surface area contributed by atoms with Gasteiger partial charge in [0, 0.05) is 19.0 Å². The normalized spacial score (nSPS) is 15.1. The minimum absolute atomic E-state index is 0.0421. The SMILES string of the molecule is COc1ccc([C@H]2CC(c3ccc(C)c(C)c3)=NN2C(=O)CN(C)C(=O)c2ccc(C(F)(F)F)cc2)cc1OC. The first kappa shape index (κ1) is 28.7. The van der Waals surface area contributed by atoms with Gasteiger partial charge in [-0.2, -0.15) is 18.3 Å². The topological polar surface area (TPSA) is 71.4 Å². The molecule has 1 heterocycles. The highest BCUT2D eigenvalue weighted by Crippen LogP contribution is 2.37. The van der Waals surface area contributed by atoms with Gasteiger partial charge in [0.05, 0.1) is 31.5 Å². The molecule has 0 N–H and O–H groups in total. The maximum atomic E-state index is 13.6. The van der Waals surface area contributed by atoms with Crippen molar-refractivity contribution < 1.29 is 32.2 Å². The molecule has 0 spiro atoms. The van der Waals surface area contributed by atoms with Crippen LogP contribution in [0.2, 0.25) is 0 Å². The van der Waals surface area contributed by atoms with Gasteiger partial charge in [-0.05, 0) is 78.6 Å². The number of alkyl halides is 3. The summed E-state index contributed by atoms with van der Waals surface area (Å²) in [5, 5.41) is 6.04. The first-order chi connectivity index (χ1) is 18.9. The average molecular weight is 554 g/mol. The Balaban J connectivity index is 1.61. The summed E-state index contributed by atoms with van der Waals surface area (Å²) in [6.45, 7) is 3.69. The molecule has 4 rings (SSSR count). The summed E-state index contributed by atoms with van der Waals surface area (Å²) in [7, 11) is 4.48. The molecule has 1 atom stereocenters. The van der Waals surface area contributed by atoms with Crippen molar-refractivity contribution in [2.24, 2.45) is 5.10 Å². The molecule has 0 fully saturated rings. The third-order valence-electron chi connectivity index (χ3n) is 6.98. The highest BCUT2D eigenvalue weighted by Gasteiger charge is 2.35. The number of methoxy groups -OCH3 is 2. The summed E-state index contributed by atoms with van der Waals surface area (Å²) >= 11 is 0. The van der Waals surface area contributed by atoms with Crippen LogP contribution in [0, 0.1) is 13.8 Å². The number of hydrogen-bond acceptors (Lipinski definition) is 5. The fourth-order valence-corrected chi connectivity index (χ4v) is 4.52. The standard InChI is InChI=1S/C30H30F3N3O4/c1-18-6-7-21(14-19(18)2)24-16-25(22-10-13-26(39-4)27(15-22)40-5)36(34-24)28(37)17-35(3)29(38)20-8-11-23(12-9-20)30(31,32)33/h6-15,25H,16-17H2,1-5H3/t25-/m1/s1. The molecule has 0 unspecified atom stereocenters. The van der Waals surface area contributed by atoms with Crippen molar-refractivity contribution in [3.05, 3.63) is 94.0 Å². The number of rotatable bonds is 7. The van der Waals surface area contributed by atoms with Crippen molar-refractivity contribution in [2.75, 3.05) is 27.8 Å². The van der Waals surface area contributed by atoms with E-state index in [-0.39, 0.29) is 12.1 Å². The number of hydrogen-bond donors (Lipinski definition) is 0. The van der Waals surface area contributed by atoms with Crippen LogP contribution < -0.4 is 9.47 Å². The zero-order valence-corrected chi connectivity index (χ0v) is 22.9. The van der Waals surface area contributed by atoms with Gasteiger partial charge in [0.25, 0.3) is 11.8 Å². The van der Waals surface area contributed by atoms with Crippen LogP contribution in [-0.2, 0) is 11.0 Å². The van der Waals surface area contributed by atoms with Crippen molar-refractivity contribution in [1.82, 2.24) is 9.91 Å². The van der Waals surface area contributed by atoms with Crippen molar-refractivity contribution in [3.63, 3.8) is 0 Å². The van der Waals surface area contributed by atoms with Crippen molar-refractivity contribution >= 4 is 17.5 Å². The fraction of sp³-hybridized carbons (Fsp3) is 0.300. The van der Waals surface area contributed by atoms with E-state index >= 15 is 0 Å². The van der Waals surface area contributed by atoms with Crippen LogP contribution in [0.5, 0.6) is 11.5 Å². The van der Waals surface area contributed by atoms with Gasteiger partial charge in [0.15, 0.2) is 11.5 Å². The molecule has 7 nitrogen and oxygen atoms in total. The third-order valence-corrected chi connectivity index (χ3v) is 6.98. The predicted molar refractivity (Wildman–Crippen MR) is 145 cm³/mol. The number of amides is 2. The molecule has 0 bridgehead atoms. The van der Waals surface area contributed by atoms with Gasteiger partial charge in [-0.3, -0.25) is 9.59 Å². The van der Waals surface area contributed by atoms with Crippen molar-refractivity contribution in [2.45, 2.75) is 32.5 Å². The minimum atomic E-state index is -4.51. The van der Waals surface area contributed by atoms with Crippen LogP contribution >= 0.6 is 0 Å². The average Bonchev–Trinajstić information content (AvgIpc) is 3.39. The Hall–Kier alpha value is -4.34. The zero-order chi connectivity index (χ0) is 29.2. The Morgan fingerprint density at radius 2 is 1.62 bits per heavy atom. The molecule has 210 valence electrons. The van der Waals surface area contributed by atoms with E-state index in [1.807, 2.05) is 38.1 Å². The van der Waals surface area contributed by atoms with Crippen LogP contribution in [0.1, 0.15) is 50.6 Å². The van der Waals surface area contributed by atoms with Crippen LogP contribution in [0.4, 0.5) is 13.2 Å². The largest absolute Gasteiger partial charge is 0.493 e. The number of likely N-dealkylation sites (N-methyl/N-ethyl adjacent to an activating group) is 1. The predicted octanol–water partition coefficient (Wildman–Crippen LogP) is 5.79. The van der Waals surface area contributed by atoms with E-state index in [0.29, 0.717) is 23.6 Å². The van der Waals surface area contributed by atoms with Crippen LogP contribution in [-0.4, -0.2) is 55.2 Å². The zero-order valence-electron chi connectivity index (χ0n) is 22.9. The smallest absolute Gasteiger partial charge is 0.416 e.